The van der Waals surface area contributed by atoms with Crippen LogP contribution < -0.4 is 0 Å². The van der Waals surface area contributed by atoms with Gasteiger partial charge in [0.1, 0.15) is 5.01 Å². The molecule has 1 fully saturated rings. The predicted octanol–water partition coefficient (Wildman–Crippen LogP) is 3.01. The lowest BCUT2D eigenvalue weighted by Gasteiger charge is -2.30. The van der Waals surface area contributed by atoms with Crippen molar-refractivity contribution in [2.24, 2.45) is 5.92 Å². The molecule has 2 aromatic rings. The first-order valence-electron chi connectivity index (χ1n) is 7.18. The summed E-state index contributed by atoms with van der Waals surface area (Å²) in [5, 5.41) is 10.3. The summed E-state index contributed by atoms with van der Waals surface area (Å²) in [5.74, 6) is 0.507. The van der Waals surface area contributed by atoms with Gasteiger partial charge >= 0.3 is 0 Å². The number of aromatic nitrogens is 1. The smallest absolute Gasteiger partial charge is 0.123 e. The lowest BCUT2D eigenvalue weighted by Crippen LogP contribution is -2.34. The molecule has 0 amide bonds. The Bertz CT molecular complexity index is 532. The van der Waals surface area contributed by atoms with Gasteiger partial charge in [0.05, 0.1) is 0 Å². The number of aliphatic hydroxyl groups excluding tert-OH is 1. The maximum absolute atomic E-state index is 9.17. The zero-order valence-corrected chi connectivity index (χ0v) is 12.4. The fourth-order valence-corrected chi connectivity index (χ4v) is 3.60. The Morgan fingerprint density at radius 1 is 1.20 bits per heavy atom. The van der Waals surface area contributed by atoms with Gasteiger partial charge in [-0.1, -0.05) is 30.3 Å². The molecule has 0 aliphatic carbocycles. The average molecular weight is 288 g/mol. The maximum Gasteiger partial charge on any atom is 0.123 e. The highest BCUT2D eigenvalue weighted by Crippen LogP contribution is 2.26. The first-order valence-corrected chi connectivity index (χ1v) is 8.00. The number of benzene rings is 1. The molecule has 0 unspecified atom stereocenters. The molecule has 1 aromatic carbocycles. The highest BCUT2D eigenvalue weighted by molar-refractivity contribution is 7.15. The number of hydrogen-bond acceptors (Lipinski definition) is 4. The van der Waals surface area contributed by atoms with Gasteiger partial charge in [-0.3, -0.25) is 4.90 Å². The summed E-state index contributed by atoms with van der Waals surface area (Å²) in [6.07, 6.45) is 4.23. The van der Waals surface area contributed by atoms with Gasteiger partial charge in [0.25, 0.3) is 0 Å². The molecular weight excluding hydrogens is 268 g/mol. The minimum atomic E-state index is 0.340. The molecule has 106 valence electrons. The van der Waals surface area contributed by atoms with Crippen LogP contribution in [0.25, 0.3) is 10.6 Å². The van der Waals surface area contributed by atoms with E-state index >= 15 is 0 Å². The van der Waals surface area contributed by atoms with E-state index in [1.54, 1.807) is 11.3 Å². The minimum Gasteiger partial charge on any atom is -0.396 e. The van der Waals surface area contributed by atoms with Crippen LogP contribution in [0.3, 0.4) is 0 Å². The van der Waals surface area contributed by atoms with Crippen molar-refractivity contribution in [2.75, 3.05) is 19.7 Å². The van der Waals surface area contributed by atoms with Crippen molar-refractivity contribution in [1.82, 2.24) is 9.88 Å². The maximum atomic E-state index is 9.17. The molecule has 1 saturated heterocycles. The SMILES string of the molecule is OCC1CCN(Cc2cnc(-c3ccccc3)s2)CC1. The second kappa shape index (κ2) is 6.48. The summed E-state index contributed by atoms with van der Waals surface area (Å²) < 4.78 is 0. The summed E-state index contributed by atoms with van der Waals surface area (Å²) in [4.78, 5) is 8.33. The van der Waals surface area contributed by atoms with E-state index in [0.717, 1.165) is 37.5 Å². The Labute approximate surface area is 123 Å². The van der Waals surface area contributed by atoms with E-state index in [0.29, 0.717) is 12.5 Å². The molecule has 0 radical (unpaired) electrons. The van der Waals surface area contributed by atoms with Crippen molar-refractivity contribution in [3.05, 3.63) is 41.4 Å². The van der Waals surface area contributed by atoms with Gasteiger partial charge in [0.15, 0.2) is 0 Å². The van der Waals surface area contributed by atoms with Gasteiger partial charge in [-0.15, -0.1) is 11.3 Å². The van der Waals surface area contributed by atoms with Crippen molar-refractivity contribution in [1.29, 1.82) is 0 Å². The summed E-state index contributed by atoms with van der Waals surface area (Å²) >= 11 is 1.78. The monoisotopic (exact) mass is 288 g/mol. The highest BCUT2D eigenvalue weighted by Gasteiger charge is 2.19. The van der Waals surface area contributed by atoms with E-state index in [-0.39, 0.29) is 0 Å². The summed E-state index contributed by atoms with van der Waals surface area (Å²) in [6.45, 7) is 3.50. The van der Waals surface area contributed by atoms with E-state index in [2.05, 4.69) is 34.1 Å². The number of nitrogens with zero attached hydrogens (tertiary/aromatic N) is 2. The van der Waals surface area contributed by atoms with E-state index in [9.17, 15) is 0 Å². The van der Waals surface area contributed by atoms with Crippen molar-refractivity contribution in [2.45, 2.75) is 19.4 Å². The molecule has 3 rings (SSSR count). The normalized spacial score (nSPS) is 17.4. The number of piperidine rings is 1. The topological polar surface area (TPSA) is 36.4 Å². The van der Waals surface area contributed by atoms with Crippen LogP contribution in [0.1, 0.15) is 17.7 Å². The second-order valence-corrected chi connectivity index (χ2v) is 6.52. The third-order valence-electron chi connectivity index (χ3n) is 3.92. The molecule has 0 bridgehead atoms. The van der Waals surface area contributed by atoms with Crippen LogP contribution in [0.15, 0.2) is 36.5 Å². The standard InChI is InChI=1S/C16H20N2OS/c19-12-13-6-8-18(9-7-13)11-15-10-17-16(20-15)14-4-2-1-3-5-14/h1-5,10,13,19H,6-9,11-12H2. The summed E-state index contributed by atoms with van der Waals surface area (Å²) in [5.41, 5.74) is 1.20. The zero-order chi connectivity index (χ0) is 13.8. The largest absolute Gasteiger partial charge is 0.396 e. The predicted molar refractivity (Wildman–Crippen MR) is 82.6 cm³/mol. The van der Waals surface area contributed by atoms with Crippen molar-refractivity contribution in [3.63, 3.8) is 0 Å². The first-order chi connectivity index (χ1) is 9.85. The van der Waals surface area contributed by atoms with Gasteiger partial charge in [0.2, 0.25) is 0 Å². The van der Waals surface area contributed by atoms with Crippen LogP contribution in [0.5, 0.6) is 0 Å². The molecule has 0 saturated carbocycles. The zero-order valence-electron chi connectivity index (χ0n) is 11.5. The van der Waals surface area contributed by atoms with E-state index < -0.39 is 0 Å². The summed E-state index contributed by atoms with van der Waals surface area (Å²) in [7, 11) is 0. The van der Waals surface area contributed by atoms with Gasteiger partial charge in [-0.05, 0) is 31.8 Å². The molecule has 4 heteroatoms. The minimum absolute atomic E-state index is 0.340. The lowest BCUT2D eigenvalue weighted by molar-refractivity contribution is 0.128. The van der Waals surface area contributed by atoms with Gasteiger partial charge in [-0.2, -0.15) is 0 Å². The molecule has 2 heterocycles. The van der Waals surface area contributed by atoms with Gasteiger partial charge < -0.3 is 5.11 Å². The molecule has 20 heavy (non-hydrogen) atoms. The second-order valence-electron chi connectivity index (χ2n) is 5.40. The number of rotatable bonds is 4. The Morgan fingerprint density at radius 3 is 2.65 bits per heavy atom. The molecule has 1 aliphatic rings. The number of likely N-dealkylation sites (tertiary alicyclic amines) is 1. The quantitative estimate of drug-likeness (QED) is 0.939. The van der Waals surface area contributed by atoms with Crippen LogP contribution in [0.4, 0.5) is 0 Å². The Morgan fingerprint density at radius 2 is 1.95 bits per heavy atom. The van der Waals surface area contributed by atoms with Gasteiger partial charge in [0, 0.05) is 29.8 Å². The summed E-state index contributed by atoms with van der Waals surface area (Å²) in [6, 6.07) is 10.3. The van der Waals surface area contributed by atoms with Gasteiger partial charge in [-0.25, -0.2) is 4.98 Å². The van der Waals surface area contributed by atoms with Crippen LogP contribution in [-0.4, -0.2) is 34.7 Å². The highest BCUT2D eigenvalue weighted by atomic mass is 32.1. The fraction of sp³-hybridized carbons (Fsp3) is 0.438. The van der Waals surface area contributed by atoms with Crippen LogP contribution in [-0.2, 0) is 6.54 Å². The van der Waals surface area contributed by atoms with Crippen LogP contribution in [0, 0.1) is 5.92 Å². The van der Waals surface area contributed by atoms with Crippen LogP contribution >= 0.6 is 11.3 Å². The Hall–Kier alpha value is -1.23. The van der Waals surface area contributed by atoms with E-state index in [4.69, 9.17) is 5.11 Å². The molecule has 3 nitrogen and oxygen atoms in total. The van der Waals surface area contributed by atoms with E-state index in [1.165, 1.54) is 10.4 Å². The molecule has 1 N–H and O–H groups in total. The van der Waals surface area contributed by atoms with Crippen molar-refractivity contribution >= 4 is 11.3 Å². The number of aliphatic hydroxyl groups is 1. The molecule has 1 aliphatic heterocycles. The molecular formula is C16H20N2OS. The first kappa shape index (κ1) is 13.7. The van der Waals surface area contributed by atoms with Crippen LogP contribution in [0.2, 0.25) is 0 Å². The molecule has 0 atom stereocenters. The number of thiazole rings is 1. The third kappa shape index (κ3) is 3.26. The third-order valence-corrected chi connectivity index (χ3v) is 4.95. The fourth-order valence-electron chi connectivity index (χ4n) is 2.64. The average Bonchev–Trinajstić information content (AvgIpc) is 2.97. The molecule has 1 aromatic heterocycles. The lowest BCUT2D eigenvalue weighted by atomic mass is 9.98. The Kier molecular flexibility index (Phi) is 4.45. The molecule has 0 spiro atoms. The number of hydrogen-bond donors (Lipinski definition) is 1. The van der Waals surface area contributed by atoms with Crippen molar-refractivity contribution < 1.29 is 5.11 Å². The van der Waals surface area contributed by atoms with Crippen molar-refractivity contribution in [3.8, 4) is 10.6 Å². The Balaban J connectivity index is 1.61. The van der Waals surface area contributed by atoms with E-state index in [1.807, 2.05) is 12.3 Å².